The normalized spacial score (nSPS) is 19.5. The summed E-state index contributed by atoms with van der Waals surface area (Å²) in [6.45, 7) is 5.18. The van der Waals surface area contributed by atoms with Gasteiger partial charge in [0.15, 0.2) is 5.11 Å². The van der Waals surface area contributed by atoms with E-state index in [1.165, 1.54) is 19.3 Å². The molecule has 1 rings (SSSR count). The van der Waals surface area contributed by atoms with Crippen LogP contribution >= 0.6 is 12.2 Å². The quantitative estimate of drug-likeness (QED) is 0.656. The Bertz CT molecular complexity index is 155. The molecule has 1 aliphatic rings. The molecule has 1 fully saturated rings. The molecule has 2 nitrogen and oxygen atoms in total. The molecule has 0 saturated heterocycles. The van der Waals surface area contributed by atoms with Crippen LogP contribution in [-0.2, 0) is 0 Å². The fraction of sp³-hybridized carbons (Fsp3) is 0.889. The van der Waals surface area contributed by atoms with Crippen LogP contribution in [0.5, 0.6) is 0 Å². The van der Waals surface area contributed by atoms with Gasteiger partial charge in [0.05, 0.1) is 0 Å². The van der Waals surface area contributed by atoms with Gasteiger partial charge in [0, 0.05) is 12.6 Å². The Morgan fingerprint density at radius 2 is 2.25 bits per heavy atom. The minimum absolute atomic E-state index is 0.547. The summed E-state index contributed by atoms with van der Waals surface area (Å²) < 4.78 is 0. The third-order valence-electron chi connectivity index (χ3n) is 2.55. The standard InChI is InChI=1S/C9H18N2S/c1-3-10-9(12)11-7(2)8-5-4-6-8/h7-8H,3-6H2,1-2H3,(H2,10,11,12). The average molecular weight is 186 g/mol. The van der Waals surface area contributed by atoms with Gasteiger partial charge >= 0.3 is 0 Å². The van der Waals surface area contributed by atoms with E-state index in [9.17, 15) is 0 Å². The van der Waals surface area contributed by atoms with E-state index >= 15 is 0 Å². The summed E-state index contributed by atoms with van der Waals surface area (Å²) >= 11 is 5.10. The topological polar surface area (TPSA) is 24.1 Å². The molecule has 0 aromatic heterocycles. The maximum absolute atomic E-state index is 5.10. The van der Waals surface area contributed by atoms with Crippen LogP contribution in [0.25, 0.3) is 0 Å². The Morgan fingerprint density at radius 1 is 1.58 bits per heavy atom. The van der Waals surface area contributed by atoms with Gasteiger partial charge in [0.1, 0.15) is 0 Å². The number of hydrogen-bond donors (Lipinski definition) is 2. The van der Waals surface area contributed by atoms with Gasteiger partial charge in [-0.2, -0.15) is 0 Å². The lowest BCUT2D eigenvalue weighted by Gasteiger charge is -2.32. The molecular formula is C9H18N2S. The van der Waals surface area contributed by atoms with E-state index in [1.807, 2.05) is 0 Å². The molecule has 0 amide bonds. The van der Waals surface area contributed by atoms with Gasteiger partial charge < -0.3 is 10.6 Å². The number of hydrogen-bond acceptors (Lipinski definition) is 1. The van der Waals surface area contributed by atoms with Crippen LogP contribution in [0.15, 0.2) is 0 Å². The van der Waals surface area contributed by atoms with Crippen molar-refractivity contribution >= 4 is 17.3 Å². The van der Waals surface area contributed by atoms with E-state index in [4.69, 9.17) is 12.2 Å². The molecular weight excluding hydrogens is 168 g/mol. The van der Waals surface area contributed by atoms with E-state index in [0.29, 0.717) is 6.04 Å². The molecule has 0 bridgehead atoms. The van der Waals surface area contributed by atoms with Crippen LogP contribution in [-0.4, -0.2) is 17.7 Å². The first-order chi connectivity index (χ1) is 5.74. The van der Waals surface area contributed by atoms with Gasteiger partial charge in [-0.1, -0.05) is 6.42 Å². The molecule has 1 saturated carbocycles. The van der Waals surface area contributed by atoms with Crippen molar-refractivity contribution in [3.63, 3.8) is 0 Å². The van der Waals surface area contributed by atoms with E-state index in [1.54, 1.807) is 0 Å². The van der Waals surface area contributed by atoms with Gasteiger partial charge in [0.2, 0.25) is 0 Å². The lowest BCUT2D eigenvalue weighted by Crippen LogP contribution is -2.45. The predicted octanol–water partition coefficient (Wildman–Crippen LogP) is 1.66. The zero-order valence-electron chi connectivity index (χ0n) is 7.89. The first-order valence-electron chi connectivity index (χ1n) is 4.78. The highest BCUT2D eigenvalue weighted by Crippen LogP contribution is 2.29. The minimum atomic E-state index is 0.547. The van der Waals surface area contributed by atoms with Gasteiger partial charge in [0.25, 0.3) is 0 Å². The summed E-state index contributed by atoms with van der Waals surface area (Å²) in [5, 5.41) is 7.21. The molecule has 0 aromatic carbocycles. The molecule has 1 unspecified atom stereocenters. The van der Waals surface area contributed by atoms with Crippen molar-refractivity contribution in [3.05, 3.63) is 0 Å². The van der Waals surface area contributed by atoms with E-state index < -0.39 is 0 Å². The molecule has 0 heterocycles. The molecule has 0 spiro atoms. The van der Waals surface area contributed by atoms with Crippen LogP contribution in [0.4, 0.5) is 0 Å². The van der Waals surface area contributed by atoms with Gasteiger partial charge in [-0.05, 0) is 44.8 Å². The van der Waals surface area contributed by atoms with Gasteiger partial charge in [-0.15, -0.1) is 0 Å². The zero-order valence-corrected chi connectivity index (χ0v) is 8.71. The van der Waals surface area contributed by atoms with Crippen LogP contribution in [0, 0.1) is 5.92 Å². The molecule has 2 N–H and O–H groups in total. The molecule has 12 heavy (non-hydrogen) atoms. The third-order valence-corrected chi connectivity index (χ3v) is 2.82. The molecule has 1 atom stereocenters. The third kappa shape index (κ3) is 2.63. The number of nitrogens with one attached hydrogen (secondary N) is 2. The monoisotopic (exact) mass is 186 g/mol. The highest BCUT2D eigenvalue weighted by atomic mass is 32.1. The molecule has 70 valence electrons. The zero-order chi connectivity index (χ0) is 8.97. The predicted molar refractivity (Wildman–Crippen MR) is 56.2 cm³/mol. The van der Waals surface area contributed by atoms with Gasteiger partial charge in [-0.25, -0.2) is 0 Å². The Labute approximate surface area is 80.1 Å². The van der Waals surface area contributed by atoms with Crippen LogP contribution in [0.3, 0.4) is 0 Å². The molecule has 1 aliphatic carbocycles. The lowest BCUT2D eigenvalue weighted by molar-refractivity contribution is 0.258. The lowest BCUT2D eigenvalue weighted by atomic mass is 9.80. The largest absolute Gasteiger partial charge is 0.363 e. The van der Waals surface area contributed by atoms with Crippen molar-refractivity contribution in [2.45, 2.75) is 39.2 Å². The summed E-state index contributed by atoms with van der Waals surface area (Å²) in [6.07, 6.45) is 4.12. The molecule has 0 aromatic rings. The first-order valence-corrected chi connectivity index (χ1v) is 5.19. The summed E-state index contributed by atoms with van der Waals surface area (Å²) in [5.41, 5.74) is 0. The van der Waals surface area contributed by atoms with Crippen molar-refractivity contribution in [3.8, 4) is 0 Å². The van der Waals surface area contributed by atoms with Crippen LogP contribution in [0.2, 0.25) is 0 Å². The Balaban J connectivity index is 2.15. The SMILES string of the molecule is CCNC(=S)NC(C)C1CCC1. The van der Waals surface area contributed by atoms with E-state index in [2.05, 4.69) is 24.5 Å². The summed E-state index contributed by atoms with van der Waals surface area (Å²) in [5.74, 6) is 0.849. The molecule has 0 radical (unpaired) electrons. The van der Waals surface area contributed by atoms with Crippen LogP contribution < -0.4 is 10.6 Å². The maximum atomic E-state index is 5.10. The molecule has 0 aliphatic heterocycles. The average Bonchev–Trinajstić information content (AvgIpc) is 1.82. The van der Waals surface area contributed by atoms with Crippen molar-refractivity contribution < 1.29 is 0 Å². The molecule has 3 heteroatoms. The maximum Gasteiger partial charge on any atom is 0.166 e. The van der Waals surface area contributed by atoms with Crippen molar-refractivity contribution in [2.24, 2.45) is 5.92 Å². The van der Waals surface area contributed by atoms with Crippen molar-refractivity contribution in [1.82, 2.24) is 10.6 Å². The minimum Gasteiger partial charge on any atom is -0.363 e. The van der Waals surface area contributed by atoms with Crippen LogP contribution in [0.1, 0.15) is 33.1 Å². The Kier molecular flexibility index (Phi) is 3.79. The second-order valence-corrected chi connectivity index (χ2v) is 3.89. The summed E-state index contributed by atoms with van der Waals surface area (Å²) in [6, 6.07) is 0.547. The smallest absolute Gasteiger partial charge is 0.166 e. The van der Waals surface area contributed by atoms with Crippen molar-refractivity contribution in [2.75, 3.05) is 6.54 Å². The fourth-order valence-corrected chi connectivity index (χ4v) is 1.81. The summed E-state index contributed by atoms with van der Waals surface area (Å²) in [7, 11) is 0. The van der Waals surface area contributed by atoms with Gasteiger partial charge in [-0.3, -0.25) is 0 Å². The highest BCUT2D eigenvalue weighted by molar-refractivity contribution is 7.80. The first kappa shape index (κ1) is 9.78. The van der Waals surface area contributed by atoms with E-state index in [0.717, 1.165) is 17.6 Å². The Morgan fingerprint density at radius 3 is 2.67 bits per heavy atom. The second kappa shape index (κ2) is 4.65. The van der Waals surface area contributed by atoms with E-state index in [-0.39, 0.29) is 0 Å². The van der Waals surface area contributed by atoms with Crippen molar-refractivity contribution in [1.29, 1.82) is 0 Å². The second-order valence-electron chi connectivity index (χ2n) is 3.48. The number of thiocarbonyl (C=S) groups is 1. The Hall–Kier alpha value is -0.310. The number of rotatable bonds is 3. The summed E-state index contributed by atoms with van der Waals surface area (Å²) in [4.78, 5) is 0. The highest BCUT2D eigenvalue weighted by Gasteiger charge is 2.23. The fourth-order valence-electron chi connectivity index (χ4n) is 1.48.